The van der Waals surface area contributed by atoms with Crippen molar-refractivity contribution >= 4 is 56.7 Å². The molecule has 16 heavy (non-hydrogen) atoms. The van der Waals surface area contributed by atoms with Crippen molar-refractivity contribution in [3.05, 3.63) is 33.0 Å². The molecule has 2 nitrogen and oxygen atoms in total. The first kappa shape index (κ1) is 12.2. The van der Waals surface area contributed by atoms with Crippen molar-refractivity contribution in [2.45, 2.75) is 0 Å². The lowest BCUT2D eigenvalue weighted by molar-refractivity contribution is 0.344. The van der Waals surface area contributed by atoms with E-state index >= 15 is 0 Å². The van der Waals surface area contributed by atoms with Crippen LogP contribution < -0.4 is 4.74 Å². The van der Waals surface area contributed by atoms with E-state index in [9.17, 15) is 0 Å². The van der Waals surface area contributed by atoms with Crippen molar-refractivity contribution in [3.63, 3.8) is 0 Å². The van der Waals surface area contributed by atoms with Crippen molar-refractivity contribution in [2.24, 2.45) is 0 Å². The molecule has 0 fully saturated rings. The average molecular weight is 368 g/mol. The van der Waals surface area contributed by atoms with Gasteiger partial charge in [0.25, 0.3) is 0 Å². The van der Waals surface area contributed by atoms with Gasteiger partial charge < -0.3 is 4.74 Å². The molecule has 0 amide bonds. The minimum absolute atomic E-state index is 0.451. The zero-order chi connectivity index (χ0) is 11.5. The molecule has 0 radical (unpaired) electrons. The molecule has 0 aliphatic carbocycles. The lowest BCUT2D eigenvalue weighted by atomic mass is 10.2. The molecule has 0 spiro atoms. The van der Waals surface area contributed by atoms with Crippen LogP contribution in [0, 0.1) is 3.57 Å². The van der Waals surface area contributed by atoms with Crippen LogP contribution in [-0.2, 0) is 0 Å². The first-order valence-electron chi connectivity index (χ1n) is 4.65. The van der Waals surface area contributed by atoms with Crippen LogP contribution >= 0.6 is 45.8 Å². The molecule has 1 aromatic heterocycles. The summed E-state index contributed by atoms with van der Waals surface area (Å²) < 4.78 is 6.54. The molecule has 84 valence electrons. The number of aromatic nitrogens is 1. The molecule has 0 aliphatic heterocycles. The van der Waals surface area contributed by atoms with Gasteiger partial charge in [0, 0.05) is 11.6 Å². The predicted octanol–water partition coefficient (Wildman–Crippen LogP) is 4.11. The third kappa shape index (κ3) is 2.36. The molecule has 0 bridgehead atoms. The van der Waals surface area contributed by atoms with Gasteiger partial charge in [0.2, 0.25) is 0 Å². The number of alkyl halides is 1. The number of fused-ring (bicyclic) bond motifs is 1. The number of ether oxygens (including phenoxy) is 1. The molecule has 2 rings (SSSR count). The summed E-state index contributed by atoms with van der Waals surface area (Å²) in [6.45, 7) is 0.463. The zero-order valence-electron chi connectivity index (χ0n) is 8.21. The van der Waals surface area contributed by atoms with E-state index in [1.807, 2.05) is 18.2 Å². The maximum Gasteiger partial charge on any atom is 0.158 e. The van der Waals surface area contributed by atoms with Crippen molar-refractivity contribution in [1.82, 2.24) is 4.98 Å². The van der Waals surface area contributed by atoms with Gasteiger partial charge in [-0.2, -0.15) is 0 Å². The summed E-state index contributed by atoms with van der Waals surface area (Å²) in [6.07, 6.45) is 1.72. The molecule has 2 aromatic rings. The minimum atomic E-state index is 0.451. The van der Waals surface area contributed by atoms with Gasteiger partial charge >= 0.3 is 0 Å². The highest BCUT2D eigenvalue weighted by Gasteiger charge is 2.11. The maximum absolute atomic E-state index is 6.14. The second-order valence-electron chi connectivity index (χ2n) is 3.11. The number of halogens is 3. The Kier molecular flexibility index (Phi) is 4.10. The maximum atomic E-state index is 6.14. The first-order valence-corrected chi connectivity index (χ1v) is 6.64. The number of rotatable bonds is 3. The van der Waals surface area contributed by atoms with E-state index in [1.54, 1.807) is 6.20 Å². The van der Waals surface area contributed by atoms with Crippen LogP contribution in [0.25, 0.3) is 10.9 Å². The number of hydrogen-bond acceptors (Lipinski definition) is 2. The highest BCUT2D eigenvalue weighted by molar-refractivity contribution is 14.1. The Bertz CT molecular complexity index is 519. The summed E-state index contributed by atoms with van der Waals surface area (Å²) >= 11 is 13.9. The lowest BCUT2D eigenvalue weighted by Gasteiger charge is -2.10. The largest absolute Gasteiger partial charge is 0.489 e. The summed E-state index contributed by atoms with van der Waals surface area (Å²) in [5, 5.41) is 1.58. The Morgan fingerprint density at radius 2 is 2.25 bits per heavy atom. The monoisotopic (exact) mass is 367 g/mol. The molecule has 0 N–H and O–H groups in total. The second kappa shape index (κ2) is 5.38. The fourth-order valence-corrected chi connectivity index (χ4v) is 2.67. The third-order valence-electron chi connectivity index (χ3n) is 2.07. The Morgan fingerprint density at radius 3 is 3.00 bits per heavy atom. The fourth-order valence-electron chi connectivity index (χ4n) is 1.42. The highest BCUT2D eigenvalue weighted by Crippen LogP contribution is 2.34. The fraction of sp³-hybridized carbons (Fsp3) is 0.182. The molecule has 0 aliphatic rings. The molecule has 0 saturated carbocycles. The molecule has 0 atom stereocenters. The van der Waals surface area contributed by atoms with Gasteiger partial charge in [-0.05, 0) is 40.8 Å². The van der Waals surface area contributed by atoms with Gasteiger partial charge in [-0.15, -0.1) is 11.6 Å². The highest BCUT2D eigenvalue weighted by atomic mass is 127. The Labute approximate surface area is 117 Å². The van der Waals surface area contributed by atoms with E-state index in [-0.39, 0.29) is 0 Å². The molecule has 0 saturated heterocycles. The minimum Gasteiger partial charge on any atom is -0.489 e. The van der Waals surface area contributed by atoms with Crippen molar-refractivity contribution in [2.75, 3.05) is 12.5 Å². The lowest BCUT2D eigenvalue weighted by Crippen LogP contribution is -2.01. The molecule has 1 heterocycles. The molecular weight excluding hydrogens is 360 g/mol. The number of benzene rings is 1. The summed E-state index contributed by atoms with van der Waals surface area (Å²) in [7, 11) is 0. The van der Waals surface area contributed by atoms with Gasteiger partial charge in [0.15, 0.2) is 5.75 Å². The third-order valence-corrected chi connectivity index (χ3v) is 3.34. The van der Waals surface area contributed by atoms with Crippen molar-refractivity contribution in [3.8, 4) is 5.75 Å². The van der Waals surface area contributed by atoms with Gasteiger partial charge in [-0.3, -0.25) is 4.98 Å². The number of hydrogen-bond donors (Lipinski definition) is 0. The first-order chi connectivity index (χ1) is 7.74. The SMILES string of the molecule is ClCCOc1c(I)cc(Cl)c2cccnc12. The molecular formula is C11H8Cl2INO. The quantitative estimate of drug-likeness (QED) is 0.601. The van der Waals surface area contributed by atoms with E-state index in [1.165, 1.54) is 0 Å². The van der Waals surface area contributed by atoms with Crippen LogP contribution in [0.15, 0.2) is 24.4 Å². The average Bonchev–Trinajstić information content (AvgIpc) is 2.29. The van der Waals surface area contributed by atoms with Gasteiger partial charge in [-0.25, -0.2) is 0 Å². The normalized spacial score (nSPS) is 10.7. The summed E-state index contributed by atoms with van der Waals surface area (Å²) in [6, 6.07) is 5.65. The summed E-state index contributed by atoms with van der Waals surface area (Å²) in [4.78, 5) is 4.30. The predicted molar refractivity (Wildman–Crippen MR) is 75.7 cm³/mol. The Balaban J connectivity index is 2.61. The van der Waals surface area contributed by atoms with E-state index in [4.69, 9.17) is 27.9 Å². The Hall–Kier alpha value is -0.260. The van der Waals surface area contributed by atoms with Crippen LogP contribution in [-0.4, -0.2) is 17.5 Å². The van der Waals surface area contributed by atoms with Crippen LogP contribution in [0.2, 0.25) is 5.02 Å². The standard InChI is InChI=1S/C11H8Cl2INO/c12-3-5-16-11-9(14)6-8(13)7-2-1-4-15-10(7)11/h1-2,4,6H,3,5H2. The second-order valence-corrected chi connectivity index (χ2v) is 5.05. The molecule has 5 heteroatoms. The van der Waals surface area contributed by atoms with Crippen LogP contribution in [0.5, 0.6) is 5.75 Å². The summed E-state index contributed by atoms with van der Waals surface area (Å²) in [5.74, 6) is 1.20. The molecule has 0 unspecified atom stereocenters. The number of nitrogens with zero attached hydrogens (tertiary/aromatic N) is 1. The van der Waals surface area contributed by atoms with Gasteiger partial charge in [0.1, 0.15) is 12.1 Å². The smallest absolute Gasteiger partial charge is 0.158 e. The van der Waals surface area contributed by atoms with Crippen molar-refractivity contribution in [1.29, 1.82) is 0 Å². The van der Waals surface area contributed by atoms with Crippen molar-refractivity contribution < 1.29 is 4.74 Å². The zero-order valence-corrected chi connectivity index (χ0v) is 11.9. The van der Waals surface area contributed by atoms with Crippen LogP contribution in [0.3, 0.4) is 0 Å². The van der Waals surface area contributed by atoms with E-state index in [0.29, 0.717) is 17.5 Å². The van der Waals surface area contributed by atoms with E-state index in [2.05, 4.69) is 27.6 Å². The van der Waals surface area contributed by atoms with Gasteiger partial charge in [-0.1, -0.05) is 11.6 Å². The molecule has 1 aromatic carbocycles. The number of pyridine rings is 1. The van der Waals surface area contributed by atoms with Crippen LogP contribution in [0.4, 0.5) is 0 Å². The van der Waals surface area contributed by atoms with E-state index in [0.717, 1.165) is 20.2 Å². The summed E-state index contributed by atoms with van der Waals surface area (Å²) in [5.41, 5.74) is 0.782. The van der Waals surface area contributed by atoms with E-state index < -0.39 is 0 Å². The van der Waals surface area contributed by atoms with Gasteiger partial charge in [0.05, 0.1) is 14.5 Å². The topological polar surface area (TPSA) is 22.1 Å². The Morgan fingerprint density at radius 1 is 1.44 bits per heavy atom. The van der Waals surface area contributed by atoms with Crippen LogP contribution in [0.1, 0.15) is 0 Å².